The molecule has 2 atom stereocenters. The molecule has 5 nitrogen and oxygen atoms in total. The Morgan fingerprint density at radius 1 is 1.28 bits per heavy atom. The molecular formula is C20H27NO4. The Morgan fingerprint density at radius 3 is 2.64 bits per heavy atom. The quantitative estimate of drug-likeness (QED) is 0.843. The fourth-order valence-electron chi connectivity index (χ4n) is 3.82. The van der Waals surface area contributed by atoms with Crippen molar-refractivity contribution in [1.82, 2.24) is 4.90 Å². The van der Waals surface area contributed by atoms with Crippen LogP contribution in [-0.2, 0) is 4.79 Å². The zero-order valence-electron chi connectivity index (χ0n) is 15.5. The minimum absolute atomic E-state index is 0.000157. The number of ketones is 1. The molecule has 0 aromatic heterocycles. The van der Waals surface area contributed by atoms with E-state index >= 15 is 0 Å². The van der Waals surface area contributed by atoms with Gasteiger partial charge in [-0.25, -0.2) is 0 Å². The summed E-state index contributed by atoms with van der Waals surface area (Å²) >= 11 is 0. The molecule has 5 heteroatoms. The van der Waals surface area contributed by atoms with Crippen LogP contribution < -0.4 is 9.47 Å². The van der Waals surface area contributed by atoms with E-state index in [1.54, 1.807) is 18.2 Å². The van der Waals surface area contributed by atoms with E-state index in [1.807, 2.05) is 18.7 Å². The highest BCUT2D eigenvalue weighted by Gasteiger charge is 2.32. The number of rotatable bonds is 3. The molecule has 1 fully saturated rings. The maximum absolute atomic E-state index is 12.4. The van der Waals surface area contributed by atoms with Gasteiger partial charge in [-0.05, 0) is 50.3 Å². The van der Waals surface area contributed by atoms with Gasteiger partial charge in [0.1, 0.15) is 17.1 Å². The summed E-state index contributed by atoms with van der Waals surface area (Å²) in [6, 6.07) is 5.18. The van der Waals surface area contributed by atoms with Gasteiger partial charge in [-0.3, -0.25) is 9.59 Å². The number of hydrogen-bond acceptors (Lipinski definition) is 4. The molecule has 0 aliphatic carbocycles. The number of likely N-dealkylation sites (tertiary alicyclic amines) is 1. The van der Waals surface area contributed by atoms with E-state index in [2.05, 4.69) is 13.8 Å². The van der Waals surface area contributed by atoms with E-state index in [4.69, 9.17) is 9.47 Å². The third-order valence-corrected chi connectivity index (χ3v) is 4.81. The van der Waals surface area contributed by atoms with Gasteiger partial charge in [0.05, 0.1) is 12.0 Å². The second kappa shape index (κ2) is 6.70. The zero-order valence-corrected chi connectivity index (χ0v) is 15.5. The van der Waals surface area contributed by atoms with Crippen molar-refractivity contribution in [2.75, 3.05) is 19.7 Å². The van der Waals surface area contributed by atoms with E-state index in [0.29, 0.717) is 35.3 Å². The van der Waals surface area contributed by atoms with E-state index in [0.717, 1.165) is 19.5 Å². The molecule has 0 N–H and O–H groups in total. The highest BCUT2D eigenvalue weighted by molar-refractivity contribution is 6.00. The standard InChI is InChI=1S/C20H27NO4/c1-13-7-14(2)11-21(10-13)19(23)12-24-15-5-6-18-16(8-15)17(22)9-20(3,4)25-18/h5-6,8,13-14H,7,9-12H2,1-4H3. The molecule has 1 saturated heterocycles. The molecule has 136 valence electrons. The summed E-state index contributed by atoms with van der Waals surface area (Å²) in [5.41, 5.74) is 0.0499. The predicted octanol–water partition coefficient (Wildman–Crippen LogP) is 3.31. The monoisotopic (exact) mass is 345 g/mol. The smallest absolute Gasteiger partial charge is 0.260 e. The molecule has 0 saturated carbocycles. The SMILES string of the molecule is CC1CC(C)CN(C(=O)COc2ccc3c(c2)C(=O)CC(C)(C)O3)C1. The minimum atomic E-state index is -0.482. The number of ether oxygens (including phenoxy) is 2. The number of carbonyl (C=O) groups excluding carboxylic acids is 2. The first-order valence-corrected chi connectivity index (χ1v) is 9.00. The average molecular weight is 345 g/mol. The van der Waals surface area contributed by atoms with Crippen LogP contribution >= 0.6 is 0 Å². The van der Waals surface area contributed by atoms with Crippen LogP contribution in [0.1, 0.15) is 50.9 Å². The van der Waals surface area contributed by atoms with Gasteiger partial charge < -0.3 is 14.4 Å². The largest absolute Gasteiger partial charge is 0.487 e. The first-order valence-electron chi connectivity index (χ1n) is 9.00. The summed E-state index contributed by atoms with van der Waals surface area (Å²) < 4.78 is 11.5. The van der Waals surface area contributed by atoms with Crippen molar-refractivity contribution in [3.63, 3.8) is 0 Å². The molecule has 3 rings (SSSR count). The van der Waals surface area contributed by atoms with Crippen molar-refractivity contribution >= 4 is 11.7 Å². The van der Waals surface area contributed by atoms with Crippen LogP contribution in [0.2, 0.25) is 0 Å². The van der Waals surface area contributed by atoms with Crippen molar-refractivity contribution in [2.24, 2.45) is 11.8 Å². The third kappa shape index (κ3) is 4.14. The summed E-state index contributed by atoms with van der Waals surface area (Å²) in [4.78, 5) is 26.6. The number of Topliss-reactive ketones (excluding diaryl/α,β-unsaturated/α-hetero) is 1. The average Bonchev–Trinajstić information content (AvgIpc) is 2.51. The molecular weight excluding hydrogens is 318 g/mol. The van der Waals surface area contributed by atoms with Gasteiger partial charge in [-0.15, -0.1) is 0 Å². The van der Waals surface area contributed by atoms with Gasteiger partial charge in [-0.2, -0.15) is 0 Å². The second-order valence-electron chi connectivity index (χ2n) is 8.15. The molecule has 25 heavy (non-hydrogen) atoms. The summed E-state index contributed by atoms with van der Waals surface area (Å²) in [5.74, 6) is 2.20. The van der Waals surface area contributed by atoms with Crippen molar-refractivity contribution in [1.29, 1.82) is 0 Å². The molecule has 0 bridgehead atoms. The molecule has 1 aromatic rings. The summed E-state index contributed by atoms with van der Waals surface area (Å²) in [6.07, 6.45) is 1.50. The number of hydrogen-bond donors (Lipinski definition) is 0. The van der Waals surface area contributed by atoms with Gasteiger partial charge in [0.2, 0.25) is 0 Å². The summed E-state index contributed by atoms with van der Waals surface area (Å²) in [7, 11) is 0. The Hall–Kier alpha value is -2.04. The fraction of sp³-hybridized carbons (Fsp3) is 0.600. The van der Waals surface area contributed by atoms with E-state index < -0.39 is 5.60 Å². The van der Waals surface area contributed by atoms with Crippen LogP contribution in [0.5, 0.6) is 11.5 Å². The Balaban J connectivity index is 1.63. The Kier molecular flexibility index (Phi) is 4.76. The number of piperidine rings is 1. The lowest BCUT2D eigenvalue weighted by Crippen LogP contribution is -2.44. The predicted molar refractivity (Wildman–Crippen MR) is 95.1 cm³/mol. The van der Waals surface area contributed by atoms with Crippen LogP contribution in [-0.4, -0.2) is 41.9 Å². The van der Waals surface area contributed by atoms with Gasteiger partial charge in [0.15, 0.2) is 12.4 Å². The number of amides is 1. The number of nitrogens with zero attached hydrogens (tertiary/aromatic N) is 1. The highest BCUT2D eigenvalue weighted by Crippen LogP contribution is 2.35. The molecule has 2 aliphatic rings. The van der Waals surface area contributed by atoms with Gasteiger partial charge >= 0.3 is 0 Å². The molecule has 0 spiro atoms. The fourth-order valence-corrected chi connectivity index (χ4v) is 3.82. The normalized spacial score (nSPS) is 25.1. The number of benzene rings is 1. The lowest BCUT2D eigenvalue weighted by molar-refractivity contribution is -0.136. The first-order chi connectivity index (χ1) is 11.7. The number of carbonyl (C=O) groups is 2. The first kappa shape index (κ1) is 17.8. The molecule has 1 amide bonds. The van der Waals surface area contributed by atoms with Gasteiger partial charge in [0.25, 0.3) is 5.91 Å². The summed E-state index contributed by atoms with van der Waals surface area (Å²) in [5, 5.41) is 0. The van der Waals surface area contributed by atoms with Crippen molar-refractivity contribution in [3.8, 4) is 11.5 Å². The lowest BCUT2D eigenvalue weighted by Gasteiger charge is -2.35. The Bertz CT molecular complexity index is 672. The van der Waals surface area contributed by atoms with E-state index in [1.165, 1.54) is 0 Å². The van der Waals surface area contributed by atoms with Crippen LogP contribution in [0.15, 0.2) is 18.2 Å². The maximum Gasteiger partial charge on any atom is 0.260 e. The molecule has 2 aliphatic heterocycles. The van der Waals surface area contributed by atoms with Crippen molar-refractivity contribution in [2.45, 2.75) is 46.1 Å². The third-order valence-electron chi connectivity index (χ3n) is 4.81. The lowest BCUT2D eigenvalue weighted by atomic mass is 9.92. The molecule has 2 heterocycles. The molecule has 2 unspecified atom stereocenters. The van der Waals surface area contributed by atoms with E-state index in [-0.39, 0.29) is 18.3 Å². The van der Waals surface area contributed by atoms with Gasteiger partial charge in [-0.1, -0.05) is 13.8 Å². The van der Waals surface area contributed by atoms with Crippen molar-refractivity contribution < 1.29 is 19.1 Å². The molecule has 1 aromatic carbocycles. The summed E-state index contributed by atoms with van der Waals surface area (Å²) in [6.45, 7) is 9.73. The zero-order chi connectivity index (χ0) is 18.2. The van der Waals surface area contributed by atoms with Gasteiger partial charge in [0, 0.05) is 13.1 Å². The van der Waals surface area contributed by atoms with E-state index in [9.17, 15) is 9.59 Å². The van der Waals surface area contributed by atoms with Crippen LogP contribution in [0, 0.1) is 11.8 Å². The topological polar surface area (TPSA) is 55.8 Å². The van der Waals surface area contributed by atoms with Crippen molar-refractivity contribution in [3.05, 3.63) is 23.8 Å². The Labute approximate surface area is 149 Å². The van der Waals surface area contributed by atoms with Crippen LogP contribution in [0.3, 0.4) is 0 Å². The molecule has 0 radical (unpaired) electrons. The van der Waals surface area contributed by atoms with Crippen LogP contribution in [0.4, 0.5) is 0 Å². The minimum Gasteiger partial charge on any atom is -0.487 e. The Morgan fingerprint density at radius 2 is 1.96 bits per heavy atom. The second-order valence-corrected chi connectivity index (χ2v) is 8.15. The number of fused-ring (bicyclic) bond motifs is 1. The van der Waals surface area contributed by atoms with Crippen LogP contribution in [0.25, 0.3) is 0 Å². The highest BCUT2D eigenvalue weighted by atomic mass is 16.5. The maximum atomic E-state index is 12.4.